The van der Waals surface area contributed by atoms with E-state index in [4.69, 9.17) is 9.47 Å². The third kappa shape index (κ3) is 4.47. The molecule has 152 valence electrons. The van der Waals surface area contributed by atoms with Gasteiger partial charge >= 0.3 is 5.97 Å². The van der Waals surface area contributed by atoms with Crippen LogP contribution < -0.4 is 9.64 Å². The van der Waals surface area contributed by atoms with Crippen molar-refractivity contribution in [3.05, 3.63) is 59.7 Å². The molecule has 1 aliphatic rings. The molecular weight excluding hydrogens is 370 g/mol. The zero-order valence-electron chi connectivity index (χ0n) is 16.9. The predicted molar refractivity (Wildman–Crippen MR) is 109 cm³/mol. The van der Waals surface area contributed by atoms with Gasteiger partial charge < -0.3 is 14.4 Å². The fourth-order valence-electron chi connectivity index (χ4n) is 3.49. The maximum absolute atomic E-state index is 12.6. The van der Waals surface area contributed by atoms with Crippen molar-refractivity contribution in [3.63, 3.8) is 0 Å². The molecule has 0 saturated carbocycles. The van der Waals surface area contributed by atoms with Crippen molar-refractivity contribution in [2.75, 3.05) is 18.6 Å². The van der Waals surface area contributed by atoms with Crippen LogP contribution in [0.25, 0.3) is 0 Å². The van der Waals surface area contributed by atoms with Crippen LogP contribution in [0.5, 0.6) is 5.75 Å². The summed E-state index contributed by atoms with van der Waals surface area (Å²) in [5, 5.41) is 0. The van der Waals surface area contributed by atoms with Crippen LogP contribution in [-0.2, 0) is 20.7 Å². The number of amides is 1. The molecule has 0 aliphatic carbocycles. The Balaban J connectivity index is 1.64. The minimum atomic E-state index is -0.928. The fraction of sp³-hybridized carbons (Fsp3) is 0.348. The second kappa shape index (κ2) is 8.90. The number of para-hydroxylation sites is 1. The van der Waals surface area contributed by atoms with Gasteiger partial charge in [-0.3, -0.25) is 14.4 Å². The Kier molecular flexibility index (Phi) is 6.32. The Morgan fingerprint density at radius 1 is 1.14 bits per heavy atom. The van der Waals surface area contributed by atoms with E-state index in [1.54, 1.807) is 43.2 Å². The van der Waals surface area contributed by atoms with Crippen molar-refractivity contribution in [1.29, 1.82) is 0 Å². The first-order valence-electron chi connectivity index (χ1n) is 9.71. The van der Waals surface area contributed by atoms with Crippen LogP contribution in [0.2, 0.25) is 0 Å². The van der Waals surface area contributed by atoms with Gasteiger partial charge in [0.1, 0.15) is 5.75 Å². The molecule has 0 unspecified atom stereocenters. The lowest BCUT2D eigenvalue weighted by Gasteiger charge is -2.20. The first-order chi connectivity index (χ1) is 13.9. The summed E-state index contributed by atoms with van der Waals surface area (Å²) in [7, 11) is 1.55. The van der Waals surface area contributed by atoms with Gasteiger partial charge in [-0.05, 0) is 49.2 Å². The Morgan fingerprint density at radius 2 is 1.83 bits per heavy atom. The highest BCUT2D eigenvalue weighted by atomic mass is 16.5. The number of Topliss-reactive ketones (excluding diaryl/α,β-unsaturated/α-hetero) is 1. The second-order valence-electron chi connectivity index (χ2n) is 7.06. The van der Waals surface area contributed by atoms with Crippen LogP contribution in [0.3, 0.4) is 0 Å². The van der Waals surface area contributed by atoms with Crippen LogP contribution >= 0.6 is 0 Å². The van der Waals surface area contributed by atoms with E-state index in [-0.39, 0.29) is 24.7 Å². The summed E-state index contributed by atoms with van der Waals surface area (Å²) in [5.74, 6) is -0.869. The van der Waals surface area contributed by atoms with Gasteiger partial charge in [0.2, 0.25) is 11.7 Å². The second-order valence-corrected chi connectivity index (χ2v) is 7.06. The number of methoxy groups -OCH3 is 1. The van der Waals surface area contributed by atoms with Gasteiger partial charge in [0.15, 0.2) is 6.10 Å². The summed E-state index contributed by atoms with van der Waals surface area (Å²) in [6.07, 6.45) is -0.0500. The summed E-state index contributed by atoms with van der Waals surface area (Å²) < 4.78 is 10.5. The molecule has 0 radical (unpaired) electrons. The molecule has 2 aromatic rings. The molecule has 0 spiro atoms. The first-order valence-corrected chi connectivity index (χ1v) is 9.71. The Hall–Kier alpha value is -3.15. The standard InChI is InChI=1S/C23H25NO5/c1-4-16-7-5-6-8-20(16)24-14-18(13-21(24)25)23(27)29-15(2)22(26)17-9-11-19(28-3)12-10-17/h5-12,15,18H,4,13-14H2,1-3H3/t15-,18+/m0/s1. The molecule has 6 nitrogen and oxygen atoms in total. The van der Waals surface area contributed by atoms with Gasteiger partial charge in [-0.15, -0.1) is 0 Å². The Labute approximate surface area is 170 Å². The topological polar surface area (TPSA) is 72.9 Å². The SMILES string of the molecule is CCc1ccccc1N1C[C@H](C(=O)O[C@@H](C)C(=O)c2ccc(OC)cc2)CC1=O. The number of hydrogen-bond acceptors (Lipinski definition) is 5. The van der Waals surface area contributed by atoms with Crippen molar-refractivity contribution >= 4 is 23.3 Å². The molecule has 3 rings (SSSR count). The predicted octanol–water partition coefficient (Wildman–Crippen LogP) is 3.43. The maximum Gasteiger partial charge on any atom is 0.312 e. The van der Waals surface area contributed by atoms with Gasteiger partial charge in [0.25, 0.3) is 0 Å². The molecule has 1 saturated heterocycles. The van der Waals surface area contributed by atoms with Crippen LogP contribution in [0.4, 0.5) is 5.69 Å². The largest absolute Gasteiger partial charge is 0.497 e. The number of benzene rings is 2. The average Bonchev–Trinajstić information content (AvgIpc) is 3.14. The molecule has 1 fully saturated rings. The van der Waals surface area contributed by atoms with E-state index in [0.29, 0.717) is 11.3 Å². The van der Waals surface area contributed by atoms with Crippen LogP contribution in [0.1, 0.15) is 36.2 Å². The van der Waals surface area contributed by atoms with Gasteiger partial charge in [0.05, 0.1) is 13.0 Å². The highest BCUT2D eigenvalue weighted by Gasteiger charge is 2.37. The lowest BCUT2D eigenvalue weighted by Crippen LogP contribution is -2.30. The molecule has 2 aromatic carbocycles. The van der Waals surface area contributed by atoms with Crippen LogP contribution in [-0.4, -0.2) is 37.4 Å². The van der Waals surface area contributed by atoms with Crippen molar-refractivity contribution in [1.82, 2.24) is 0 Å². The molecule has 0 N–H and O–H groups in total. The number of hydrogen-bond donors (Lipinski definition) is 0. The molecule has 1 heterocycles. The number of ether oxygens (including phenoxy) is 2. The maximum atomic E-state index is 12.6. The van der Waals surface area contributed by atoms with Crippen molar-refractivity contribution in [2.24, 2.45) is 5.92 Å². The number of nitrogens with zero attached hydrogens (tertiary/aromatic N) is 1. The minimum absolute atomic E-state index is 0.0837. The van der Waals surface area contributed by atoms with Gasteiger partial charge in [-0.25, -0.2) is 0 Å². The fourth-order valence-corrected chi connectivity index (χ4v) is 3.49. The molecule has 1 amide bonds. The summed E-state index contributed by atoms with van der Waals surface area (Å²) in [6.45, 7) is 3.83. The average molecular weight is 395 g/mol. The first kappa shape index (κ1) is 20.6. The van der Waals surface area contributed by atoms with E-state index >= 15 is 0 Å². The van der Waals surface area contributed by atoms with E-state index in [0.717, 1.165) is 17.7 Å². The highest BCUT2D eigenvalue weighted by molar-refractivity contribution is 6.02. The van der Waals surface area contributed by atoms with Crippen LogP contribution in [0, 0.1) is 5.92 Å². The number of anilines is 1. The molecule has 0 aromatic heterocycles. The molecule has 0 bridgehead atoms. The van der Waals surface area contributed by atoms with E-state index in [2.05, 4.69) is 0 Å². The Bertz CT molecular complexity index is 906. The van der Waals surface area contributed by atoms with Gasteiger partial charge in [0, 0.05) is 24.2 Å². The van der Waals surface area contributed by atoms with Crippen molar-refractivity contribution in [3.8, 4) is 5.75 Å². The quantitative estimate of drug-likeness (QED) is 0.531. The van der Waals surface area contributed by atoms with E-state index < -0.39 is 18.0 Å². The zero-order valence-corrected chi connectivity index (χ0v) is 16.9. The lowest BCUT2D eigenvalue weighted by molar-refractivity contribution is -0.151. The normalized spacial score (nSPS) is 17.1. The number of carbonyl (C=O) groups is 3. The molecule has 1 aliphatic heterocycles. The summed E-state index contributed by atoms with van der Waals surface area (Å²) >= 11 is 0. The van der Waals surface area contributed by atoms with Crippen LogP contribution in [0.15, 0.2) is 48.5 Å². The van der Waals surface area contributed by atoms with E-state index in [1.807, 2.05) is 31.2 Å². The third-order valence-electron chi connectivity index (χ3n) is 5.16. The number of carbonyl (C=O) groups excluding carboxylic acids is 3. The number of aryl methyl sites for hydroxylation is 1. The van der Waals surface area contributed by atoms with E-state index in [1.165, 1.54) is 0 Å². The smallest absolute Gasteiger partial charge is 0.312 e. The van der Waals surface area contributed by atoms with Gasteiger partial charge in [-0.1, -0.05) is 25.1 Å². The van der Waals surface area contributed by atoms with E-state index in [9.17, 15) is 14.4 Å². The molecule has 29 heavy (non-hydrogen) atoms. The van der Waals surface area contributed by atoms with Gasteiger partial charge in [-0.2, -0.15) is 0 Å². The summed E-state index contributed by atoms with van der Waals surface area (Å²) in [5.41, 5.74) is 2.32. The number of rotatable bonds is 7. The van der Waals surface area contributed by atoms with Crippen molar-refractivity contribution < 1.29 is 23.9 Å². The Morgan fingerprint density at radius 3 is 2.48 bits per heavy atom. The number of esters is 1. The summed E-state index contributed by atoms with van der Waals surface area (Å²) in [6, 6.07) is 14.3. The minimum Gasteiger partial charge on any atom is -0.497 e. The summed E-state index contributed by atoms with van der Waals surface area (Å²) in [4.78, 5) is 39.3. The van der Waals surface area contributed by atoms with Crippen molar-refractivity contribution in [2.45, 2.75) is 32.8 Å². The highest BCUT2D eigenvalue weighted by Crippen LogP contribution is 2.29. The zero-order chi connectivity index (χ0) is 21.0. The third-order valence-corrected chi connectivity index (χ3v) is 5.16. The molecule has 6 heteroatoms. The molecule has 2 atom stereocenters. The monoisotopic (exact) mass is 395 g/mol. The molecular formula is C23H25NO5. The lowest BCUT2D eigenvalue weighted by atomic mass is 10.1. The number of ketones is 1.